The molecule has 3 heterocycles. The Morgan fingerprint density at radius 3 is 2.08 bits per heavy atom. The molecule has 1 atom stereocenters. The Hall–Kier alpha value is -4.99. The molecule has 3 aliphatic rings. The molecule has 0 spiro atoms. The van der Waals surface area contributed by atoms with Gasteiger partial charge in [0.1, 0.15) is 17.7 Å². The minimum absolute atomic E-state index is 0.140. The van der Waals surface area contributed by atoms with Crippen LogP contribution in [0, 0.1) is 20.2 Å². The molecule has 3 amide bonds. The van der Waals surface area contributed by atoms with E-state index in [2.05, 4.69) is 5.32 Å². The summed E-state index contributed by atoms with van der Waals surface area (Å²) in [6.07, 6.45) is -1.22. The molecule has 1 saturated heterocycles. The van der Waals surface area contributed by atoms with Gasteiger partial charge in [-0.3, -0.25) is 39.6 Å². The van der Waals surface area contributed by atoms with E-state index in [9.17, 15) is 34.6 Å². The summed E-state index contributed by atoms with van der Waals surface area (Å²) in [5.41, 5.74) is -0.241. The monoisotopic (exact) mass is 556 g/mol. The second-order valence-electron chi connectivity index (χ2n) is 9.40. The number of piperidine rings is 1. The summed E-state index contributed by atoms with van der Waals surface area (Å²) in [6.45, 7) is -0.185. The first kappa shape index (κ1) is 26.6. The van der Waals surface area contributed by atoms with Gasteiger partial charge in [-0.05, 0) is 25.0 Å². The lowest BCUT2D eigenvalue weighted by Crippen LogP contribution is -2.62. The van der Waals surface area contributed by atoms with Crippen LogP contribution in [0.25, 0.3) is 0 Å². The first-order valence-electron chi connectivity index (χ1n) is 12.3. The van der Waals surface area contributed by atoms with E-state index in [1.54, 1.807) is 0 Å². The molecule has 1 fully saturated rings. The molecule has 40 heavy (non-hydrogen) atoms. The van der Waals surface area contributed by atoms with Gasteiger partial charge in [-0.1, -0.05) is 0 Å². The number of likely N-dealkylation sites (tertiary alicyclic amines) is 1. The topological polar surface area (TPSA) is 198 Å². The largest absolute Gasteiger partial charge is 0.482 e. The zero-order valence-electron chi connectivity index (χ0n) is 20.9. The van der Waals surface area contributed by atoms with Gasteiger partial charge in [-0.2, -0.15) is 0 Å². The zero-order chi connectivity index (χ0) is 28.6. The van der Waals surface area contributed by atoms with E-state index >= 15 is 0 Å². The average Bonchev–Trinajstić information content (AvgIpc) is 2.92. The van der Waals surface area contributed by atoms with Gasteiger partial charge < -0.3 is 24.8 Å². The summed E-state index contributed by atoms with van der Waals surface area (Å²) in [6, 6.07) is 7.41. The molecule has 0 radical (unpaired) electrons. The van der Waals surface area contributed by atoms with Gasteiger partial charge in [0.2, 0.25) is 0 Å². The van der Waals surface area contributed by atoms with Crippen molar-refractivity contribution in [3.63, 3.8) is 0 Å². The van der Waals surface area contributed by atoms with Gasteiger partial charge in [0.15, 0.2) is 13.2 Å². The molecule has 2 aromatic carbocycles. The quantitative estimate of drug-likeness (QED) is 0.372. The van der Waals surface area contributed by atoms with Crippen LogP contribution in [0.4, 0.5) is 27.5 Å². The number of carbonyl (C=O) groups excluding carboxylic acids is 2. The third kappa shape index (κ3) is 5.15. The number of hydrogen-bond acceptors (Lipinski definition) is 10. The predicted molar refractivity (Wildman–Crippen MR) is 137 cm³/mol. The van der Waals surface area contributed by atoms with Gasteiger partial charge in [0, 0.05) is 43.4 Å². The van der Waals surface area contributed by atoms with Crippen molar-refractivity contribution in [3.05, 3.63) is 56.6 Å². The van der Waals surface area contributed by atoms with Crippen LogP contribution in [0.5, 0.6) is 11.5 Å². The average molecular weight is 556 g/mol. The molecule has 210 valence electrons. The number of nitrogens with zero attached hydrogens (tertiary/aromatic N) is 5. The number of nitro groups is 2. The van der Waals surface area contributed by atoms with Crippen LogP contribution in [-0.2, 0) is 9.59 Å². The highest BCUT2D eigenvalue weighted by Gasteiger charge is 2.41. The molecule has 16 heteroatoms. The highest BCUT2D eigenvalue weighted by atomic mass is 16.6. The molecule has 16 nitrogen and oxygen atoms in total. The molecular formula is C24H24N6O10. The van der Waals surface area contributed by atoms with Crippen molar-refractivity contribution in [1.29, 1.82) is 0 Å². The second-order valence-corrected chi connectivity index (χ2v) is 9.40. The van der Waals surface area contributed by atoms with Crippen LogP contribution in [0.3, 0.4) is 0 Å². The number of ether oxygens (including phenoxy) is 2. The fourth-order valence-electron chi connectivity index (χ4n) is 5.14. The molecule has 1 unspecified atom stereocenters. The number of nitrogens with one attached hydrogen (secondary N) is 1. The summed E-state index contributed by atoms with van der Waals surface area (Å²) in [7, 11) is 0. The number of fused-ring (bicyclic) bond motifs is 2. The van der Waals surface area contributed by atoms with E-state index in [1.165, 1.54) is 46.2 Å². The highest BCUT2D eigenvalue weighted by molar-refractivity contribution is 6.01. The maximum Gasteiger partial charge on any atom is 0.404 e. The summed E-state index contributed by atoms with van der Waals surface area (Å²) in [4.78, 5) is 63.9. The van der Waals surface area contributed by atoms with Crippen LogP contribution in [0.1, 0.15) is 12.8 Å². The number of amides is 3. The summed E-state index contributed by atoms with van der Waals surface area (Å²) >= 11 is 0. The van der Waals surface area contributed by atoms with Crippen molar-refractivity contribution < 1.29 is 38.8 Å². The Bertz CT molecular complexity index is 1390. The van der Waals surface area contributed by atoms with Crippen LogP contribution in [0.2, 0.25) is 0 Å². The molecule has 0 bridgehead atoms. The molecule has 5 rings (SSSR count). The van der Waals surface area contributed by atoms with Crippen molar-refractivity contribution in [2.45, 2.75) is 25.0 Å². The van der Waals surface area contributed by atoms with Crippen LogP contribution in [-0.4, -0.2) is 82.8 Å². The number of rotatable bonds is 7. The molecule has 0 aliphatic carbocycles. The second kappa shape index (κ2) is 10.6. The standard InChI is InChI=1S/C24H24N6O10/c31-22-12-39-19-3-1-15(29(35)36)9-17(19)27(22)11-21(26-7-5-14(6-8-26)25-24(33)34)28-18-10-16(30(37)38)2-4-20(18)40-13-23(28)32/h1-4,9-10,14,21,25H,5-8,11-13H2,(H,33,34). The number of carboxylic acid groups (broad SMARTS) is 1. The molecular weight excluding hydrogens is 532 g/mol. The van der Waals surface area contributed by atoms with Gasteiger partial charge in [0.25, 0.3) is 23.2 Å². The lowest BCUT2D eigenvalue weighted by molar-refractivity contribution is -0.385. The fourth-order valence-corrected chi connectivity index (χ4v) is 5.14. The lowest BCUT2D eigenvalue weighted by atomic mass is 10.0. The molecule has 2 N–H and O–H groups in total. The van der Waals surface area contributed by atoms with Crippen molar-refractivity contribution in [2.75, 3.05) is 42.6 Å². The molecule has 0 saturated carbocycles. The van der Waals surface area contributed by atoms with Gasteiger partial charge >= 0.3 is 6.09 Å². The first-order chi connectivity index (χ1) is 19.1. The van der Waals surface area contributed by atoms with Crippen molar-refractivity contribution in [3.8, 4) is 11.5 Å². The third-order valence-corrected chi connectivity index (χ3v) is 7.05. The maximum atomic E-state index is 13.3. The number of carbonyl (C=O) groups is 3. The van der Waals surface area contributed by atoms with Gasteiger partial charge in [0.05, 0.1) is 27.8 Å². The number of nitro benzene ring substituents is 2. The molecule has 3 aliphatic heterocycles. The Morgan fingerprint density at radius 2 is 1.50 bits per heavy atom. The van der Waals surface area contributed by atoms with Crippen LogP contribution < -0.4 is 24.6 Å². The number of benzene rings is 2. The van der Waals surface area contributed by atoms with E-state index in [4.69, 9.17) is 14.6 Å². The first-order valence-corrected chi connectivity index (χ1v) is 12.3. The smallest absolute Gasteiger partial charge is 0.404 e. The predicted octanol–water partition coefficient (Wildman–Crippen LogP) is 1.71. The Morgan fingerprint density at radius 1 is 0.950 bits per heavy atom. The van der Waals surface area contributed by atoms with E-state index < -0.39 is 33.9 Å². The van der Waals surface area contributed by atoms with Crippen molar-refractivity contribution >= 4 is 40.7 Å². The summed E-state index contributed by atoms with van der Waals surface area (Å²) in [5, 5.41) is 34.5. The number of anilines is 2. The summed E-state index contributed by atoms with van der Waals surface area (Å²) in [5.74, 6) is -0.524. The van der Waals surface area contributed by atoms with Crippen molar-refractivity contribution in [1.82, 2.24) is 10.2 Å². The minimum atomic E-state index is -1.16. The highest BCUT2D eigenvalue weighted by Crippen LogP contribution is 2.40. The third-order valence-electron chi connectivity index (χ3n) is 7.05. The number of non-ortho nitro benzene ring substituents is 2. The SMILES string of the molecule is O=C(O)NC1CCN(C(CN2C(=O)COc3ccc([N+](=O)[O-])cc32)N2C(=O)COc3ccc([N+](=O)[O-])cc32)CC1. The van der Waals surface area contributed by atoms with Crippen molar-refractivity contribution in [2.24, 2.45) is 0 Å². The van der Waals surface area contributed by atoms with Crippen LogP contribution in [0.15, 0.2) is 36.4 Å². The Labute approximate surface area is 225 Å². The van der Waals surface area contributed by atoms with Gasteiger partial charge in [-0.15, -0.1) is 0 Å². The molecule has 2 aromatic rings. The molecule has 0 aromatic heterocycles. The fraction of sp³-hybridized carbons (Fsp3) is 0.375. The minimum Gasteiger partial charge on any atom is -0.482 e. The summed E-state index contributed by atoms with van der Waals surface area (Å²) < 4.78 is 11.0. The van der Waals surface area contributed by atoms with E-state index in [1.807, 2.05) is 4.90 Å². The number of hydrogen-bond donors (Lipinski definition) is 2. The zero-order valence-corrected chi connectivity index (χ0v) is 20.9. The van der Waals surface area contributed by atoms with Gasteiger partial charge in [-0.25, -0.2) is 4.79 Å². The van der Waals surface area contributed by atoms with E-state index in [0.29, 0.717) is 25.9 Å². The maximum absolute atomic E-state index is 13.3. The normalized spacial score (nSPS) is 18.2. The van der Waals surface area contributed by atoms with E-state index in [0.717, 1.165) is 0 Å². The lowest BCUT2D eigenvalue weighted by Gasteiger charge is -2.46. The Balaban J connectivity index is 1.55. The van der Waals surface area contributed by atoms with E-state index in [-0.39, 0.29) is 60.0 Å². The van der Waals surface area contributed by atoms with Crippen LogP contribution >= 0.6 is 0 Å². The Kier molecular flexibility index (Phi) is 7.08.